The summed E-state index contributed by atoms with van der Waals surface area (Å²) in [6.45, 7) is 2.96. The third-order valence-corrected chi connectivity index (χ3v) is 4.46. The van der Waals surface area contributed by atoms with Gasteiger partial charge in [-0.2, -0.15) is 5.10 Å². The molecule has 0 saturated carbocycles. The average molecular weight is 438 g/mol. The van der Waals surface area contributed by atoms with Gasteiger partial charge < -0.3 is 14.8 Å². The molecule has 0 radical (unpaired) electrons. The molecule has 3 aromatic carbocycles. The Morgan fingerprint density at radius 2 is 1.77 bits per heavy atom. The number of amides is 1. The van der Waals surface area contributed by atoms with Crippen LogP contribution in [-0.4, -0.2) is 25.3 Å². The van der Waals surface area contributed by atoms with Gasteiger partial charge in [0.1, 0.15) is 6.61 Å². The van der Waals surface area contributed by atoms with Gasteiger partial charge in [0.15, 0.2) is 11.5 Å². The molecule has 0 bridgehead atoms. The fraction of sp³-hybridized carbons (Fsp3) is 0.167. The Morgan fingerprint density at radius 3 is 2.52 bits per heavy atom. The molecule has 3 aromatic rings. The molecule has 0 aliphatic carbocycles. The Balaban J connectivity index is 1.53. The Kier molecular flexibility index (Phi) is 8.31. The lowest BCUT2D eigenvalue weighted by Gasteiger charge is -2.12. The number of hydrogen-bond acceptors (Lipinski definition) is 5. The van der Waals surface area contributed by atoms with Crippen molar-refractivity contribution in [1.82, 2.24) is 5.43 Å². The summed E-state index contributed by atoms with van der Waals surface area (Å²) < 4.78 is 11.6. The zero-order valence-corrected chi connectivity index (χ0v) is 17.9. The van der Waals surface area contributed by atoms with Gasteiger partial charge >= 0.3 is 0 Å². The van der Waals surface area contributed by atoms with E-state index in [1.807, 2.05) is 55.5 Å². The smallest absolute Gasteiger partial charge is 0.259 e. The third-order valence-electron chi connectivity index (χ3n) is 4.20. The number of carbonyl (C=O) groups excluding carboxylic acids is 1. The summed E-state index contributed by atoms with van der Waals surface area (Å²) in [6, 6.07) is 22.5. The first kappa shape index (κ1) is 22.2. The van der Waals surface area contributed by atoms with Gasteiger partial charge in [-0.15, -0.1) is 0 Å². The molecule has 6 nitrogen and oxygen atoms in total. The van der Waals surface area contributed by atoms with Crippen molar-refractivity contribution in [3.8, 4) is 11.5 Å². The van der Waals surface area contributed by atoms with Crippen molar-refractivity contribution in [1.29, 1.82) is 0 Å². The second-order valence-electron chi connectivity index (χ2n) is 6.57. The van der Waals surface area contributed by atoms with Gasteiger partial charge in [0.25, 0.3) is 5.91 Å². The van der Waals surface area contributed by atoms with Gasteiger partial charge in [-0.3, -0.25) is 4.79 Å². The average Bonchev–Trinajstić information content (AvgIpc) is 2.79. The van der Waals surface area contributed by atoms with E-state index in [9.17, 15) is 4.79 Å². The Bertz CT molecular complexity index is 1010. The molecule has 0 aliphatic rings. The van der Waals surface area contributed by atoms with Crippen molar-refractivity contribution in [2.45, 2.75) is 13.5 Å². The summed E-state index contributed by atoms with van der Waals surface area (Å²) in [4.78, 5) is 12.0. The molecule has 0 aromatic heterocycles. The number of hydrogen-bond donors (Lipinski definition) is 2. The maximum absolute atomic E-state index is 12.0. The molecule has 0 unspecified atom stereocenters. The summed E-state index contributed by atoms with van der Waals surface area (Å²) in [6.07, 6.45) is 1.56. The molecule has 160 valence electrons. The van der Waals surface area contributed by atoms with Crippen molar-refractivity contribution in [2.75, 3.05) is 18.5 Å². The van der Waals surface area contributed by atoms with Crippen LogP contribution < -0.4 is 20.2 Å². The minimum Gasteiger partial charge on any atom is -0.490 e. The summed E-state index contributed by atoms with van der Waals surface area (Å²) in [5.41, 5.74) is 5.15. The van der Waals surface area contributed by atoms with E-state index in [2.05, 4.69) is 15.8 Å². The first-order valence-electron chi connectivity index (χ1n) is 9.89. The minimum absolute atomic E-state index is 0.0927. The first-order valence-corrected chi connectivity index (χ1v) is 10.3. The molecule has 1 amide bonds. The first-order chi connectivity index (χ1) is 15.1. The second kappa shape index (κ2) is 11.6. The molecule has 0 spiro atoms. The summed E-state index contributed by atoms with van der Waals surface area (Å²) >= 11 is 5.84. The summed E-state index contributed by atoms with van der Waals surface area (Å²) in [5.74, 6) is 1.01. The van der Waals surface area contributed by atoms with Crippen molar-refractivity contribution in [3.05, 3.63) is 88.9 Å². The lowest BCUT2D eigenvalue weighted by molar-refractivity contribution is -0.119. The second-order valence-corrected chi connectivity index (χ2v) is 7.00. The number of rotatable bonds is 10. The number of nitrogens with one attached hydrogen (secondary N) is 2. The number of carbonyl (C=O) groups is 1. The maximum atomic E-state index is 12.0. The minimum atomic E-state index is -0.265. The summed E-state index contributed by atoms with van der Waals surface area (Å²) in [7, 11) is 0. The quantitative estimate of drug-likeness (QED) is 0.350. The van der Waals surface area contributed by atoms with Crippen LogP contribution in [0.25, 0.3) is 0 Å². The van der Waals surface area contributed by atoms with Crippen molar-refractivity contribution in [3.63, 3.8) is 0 Å². The fourth-order valence-corrected chi connectivity index (χ4v) is 2.82. The van der Waals surface area contributed by atoms with Crippen molar-refractivity contribution >= 4 is 29.4 Å². The molecule has 0 atom stereocenters. The van der Waals surface area contributed by atoms with Gasteiger partial charge in [-0.05, 0) is 60.5 Å². The van der Waals surface area contributed by atoms with Crippen molar-refractivity contribution < 1.29 is 14.3 Å². The van der Waals surface area contributed by atoms with Gasteiger partial charge in [0, 0.05) is 10.7 Å². The van der Waals surface area contributed by atoms with Crippen LogP contribution in [0.2, 0.25) is 5.02 Å². The van der Waals surface area contributed by atoms with Crippen LogP contribution >= 0.6 is 11.6 Å². The predicted octanol–water partition coefficient (Wildman–Crippen LogP) is 4.88. The van der Waals surface area contributed by atoms with Crippen LogP contribution in [0.5, 0.6) is 11.5 Å². The van der Waals surface area contributed by atoms with E-state index in [0.717, 1.165) is 16.8 Å². The maximum Gasteiger partial charge on any atom is 0.259 e. The number of anilines is 1. The van der Waals surface area contributed by atoms with Crippen molar-refractivity contribution in [2.24, 2.45) is 5.10 Å². The zero-order chi connectivity index (χ0) is 21.9. The monoisotopic (exact) mass is 437 g/mol. The lowest BCUT2D eigenvalue weighted by atomic mass is 10.2. The number of nitrogens with zero attached hydrogens (tertiary/aromatic N) is 1. The van der Waals surface area contributed by atoms with E-state index in [0.29, 0.717) is 29.7 Å². The number of ether oxygens (including phenoxy) is 2. The highest BCUT2D eigenvalue weighted by Gasteiger charge is 2.07. The molecule has 0 fully saturated rings. The van der Waals surface area contributed by atoms with E-state index in [1.165, 1.54) is 0 Å². The molecule has 7 heteroatoms. The highest BCUT2D eigenvalue weighted by Crippen LogP contribution is 2.28. The van der Waals surface area contributed by atoms with E-state index in [1.54, 1.807) is 30.5 Å². The van der Waals surface area contributed by atoms with E-state index < -0.39 is 0 Å². The van der Waals surface area contributed by atoms with Crippen LogP contribution in [0.15, 0.2) is 77.9 Å². The predicted molar refractivity (Wildman–Crippen MR) is 124 cm³/mol. The van der Waals surface area contributed by atoms with Crippen LogP contribution in [0.1, 0.15) is 18.1 Å². The van der Waals surface area contributed by atoms with E-state index >= 15 is 0 Å². The SMILES string of the molecule is CCOc1cc(/C=N\NC(=O)CNc2ccc(Cl)cc2)ccc1OCc1ccccc1. The number of hydrazone groups is 1. The van der Waals surface area contributed by atoms with Gasteiger partial charge in [-0.1, -0.05) is 41.9 Å². The van der Waals surface area contributed by atoms with Crippen LogP contribution in [0.3, 0.4) is 0 Å². The molecule has 2 N–H and O–H groups in total. The fourth-order valence-electron chi connectivity index (χ4n) is 2.70. The highest BCUT2D eigenvalue weighted by molar-refractivity contribution is 6.30. The Hall–Kier alpha value is -3.51. The van der Waals surface area contributed by atoms with Gasteiger partial charge in [-0.25, -0.2) is 5.43 Å². The summed E-state index contributed by atoms with van der Waals surface area (Å²) in [5, 5.41) is 7.65. The highest BCUT2D eigenvalue weighted by atomic mass is 35.5. The van der Waals surface area contributed by atoms with E-state index in [-0.39, 0.29) is 12.5 Å². The standard InChI is InChI=1S/C24H24ClN3O3/c1-2-30-23-14-19(8-13-22(23)31-17-18-6-4-3-5-7-18)15-27-28-24(29)16-26-21-11-9-20(25)10-12-21/h3-15,26H,2,16-17H2,1H3,(H,28,29)/b27-15-. The normalized spacial score (nSPS) is 10.6. The molecule has 0 heterocycles. The van der Waals surface area contributed by atoms with Crippen LogP contribution in [-0.2, 0) is 11.4 Å². The molecule has 0 aliphatic heterocycles. The molecule has 0 saturated heterocycles. The Morgan fingerprint density at radius 1 is 1.00 bits per heavy atom. The molecular formula is C24H24ClN3O3. The van der Waals surface area contributed by atoms with Gasteiger partial charge in [0.2, 0.25) is 0 Å². The zero-order valence-electron chi connectivity index (χ0n) is 17.2. The van der Waals surface area contributed by atoms with Crippen LogP contribution in [0.4, 0.5) is 5.69 Å². The number of benzene rings is 3. The third kappa shape index (κ3) is 7.35. The van der Waals surface area contributed by atoms with Crippen LogP contribution in [0, 0.1) is 0 Å². The number of halogens is 1. The van der Waals surface area contributed by atoms with E-state index in [4.69, 9.17) is 21.1 Å². The molecule has 31 heavy (non-hydrogen) atoms. The molecule has 3 rings (SSSR count). The van der Waals surface area contributed by atoms with Gasteiger partial charge in [0.05, 0.1) is 19.4 Å². The lowest BCUT2D eigenvalue weighted by Crippen LogP contribution is -2.25. The molecular weight excluding hydrogens is 414 g/mol. The largest absolute Gasteiger partial charge is 0.490 e. The Labute approximate surface area is 186 Å². The topological polar surface area (TPSA) is 72.0 Å².